The maximum atomic E-state index is 6.38. The number of halogens is 1. The van der Waals surface area contributed by atoms with E-state index in [9.17, 15) is 0 Å². The molecule has 3 aromatic rings. The van der Waals surface area contributed by atoms with Crippen LogP contribution in [0.2, 0.25) is 0 Å². The second kappa shape index (κ2) is 8.22. The zero-order chi connectivity index (χ0) is 16.4. The Labute approximate surface area is 159 Å². The van der Waals surface area contributed by atoms with Gasteiger partial charge in [0.2, 0.25) is 0 Å². The first kappa shape index (κ1) is 18.2. The lowest BCUT2D eigenvalue weighted by molar-refractivity contribution is 0.453. The summed E-state index contributed by atoms with van der Waals surface area (Å²) in [4.78, 5) is 4.99. The lowest BCUT2D eigenvalue weighted by atomic mass is 9.96. The van der Waals surface area contributed by atoms with Crippen LogP contribution in [0.1, 0.15) is 25.7 Å². The van der Waals surface area contributed by atoms with Gasteiger partial charge in [-0.3, -0.25) is 0 Å². The van der Waals surface area contributed by atoms with Gasteiger partial charge in [0, 0.05) is 22.2 Å². The summed E-state index contributed by atoms with van der Waals surface area (Å²) in [5.41, 5.74) is 9.88. The number of nitrogens with zero attached hydrogens (tertiary/aromatic N) is 1. The van der Waals surface area contributed by atoms with E-state index in [0.717, 1.165) is 17.0 Å². The lowest BCUT2D eigenvalue weighted by Gasteiger charge is -2.28. The maximum absolute atomic E-state index is 6.38. The Morgan fingerprint density at radius 3 is 2.44 bits per heavy atom. The number of hydrogen-bond donors (Lipinski definition) is 1. The zero-order valence-corrected chi connectivity index (χ0v) is 15.7. The van der Waals surface area contributed by atoms with E-state index in [0.29, 0.717) is 5.25 Å². The zero-order valence-electron chi connectivity index (χ0n) is 14.1. The molecule has 4 rings (SSSR count). The topological polar surface area (TPSA) is 38.9 Å². The van der Waals surface area contributed by atoms with Crippen LogP contribution in [0.5, 0.6) is 0 Å². The fraction of sp³-hybridized carbons (Fsp3) is 0.286. The van der Waals surface area contributed by atoms with Crippen molar-refractivity contribution in [2.75, 3.05) is 0 Å². The standard InChI is InChI=1S/C21H22N2S.ClH/c22-18-11-5-7-13-20(18)24-21-17(15-8-2-1-3-9-15)14-16-10-4-6-12-19(16)23-21;/h1-4,6,8-10,12,14,18,20H,5,7,11,13,22H2;1H/t18-,20-;/m1./s1. The van der Waals surface area contributed by atoms with Crippen LogP contribution < -0.4 is 5.73 Å². The number of pyridine rings is 1. The Balaban J connectivity index is 0.00000182. The van der Waals surface area contributed by atoms with Crippen molar-refractivity contribution in [1.82, 2.24) is 4.98 Å². The van der Waals surface area contributed by atoms with E-state index < -0.39 is 0 Å². The van der Waals surface area contributed by atoms with E-state index in [-0.39, 0.29) is 18.4 Å². The average Bonchev–Trinajstić information content (AvgIpc) is 2.64. The maximum Gasteiger partial charge on any atom is 0.105 e. The number of benzene rings is 2. The summed E-state index contributed by atoms with van der Waals surface area (Å²) in [5, 5.41) is 2.77. The van der Waals surface area contributed by atoms with Gasteiger partial charge in [-0.25, -0.2) is 4.98 Å². The monoisotopic (exact) mass is 370 g/mol. The highest BCUT2D eigenvalue weighted by molar-refractivity contribution is 8.00. The second-order valence-corrected chi connectivity index (χ2v) is 7.73. The number of nitrogens with two attached hydrogens (primary N) is 1. The Morgan fingerprint density at radius 1 is 0.920 bits per heavy atom. The average molecular weight is 371 g/mol. The first-order valence-electron chi connectivity index (χ1n) is 8.69. The SMILES string of the molecule is Cl.N[C@@H]1CCCC[C@H]1Sc1nc2ccccc2cc1-c1ccccc1. The molecular formula is C21H23ClN2S. The van der Waals surface area contributed by atoms with Crippen molar-refractivity contribution in [2.45, 2.75) is 42.0 Å². The highest BCUT2D eigenvalue weighted by atomic mass is 35.5. The number of thioether (sulfide) groups is 1. The molecule has 0 radical (unpaired) electrons. The summed E-state index contributed by atoms with van der Waals surface area (Å²) in [5.74, 6) is 0. The van der Waals surface area contributed by atoms with E-state index in [1.54, 1.807) is 0 Å². The van der Waals surface area contributed by atoms with Gasteiger partial charge in [-0.15, -0.1) is 24.2 Å². The van der Waals surface area contributed by atoms with Crippen LogP contribution in [0.4, 0.5) is 0 Å². The van der Waals surface area contributed by atoms with Crippen molar-refractivity contribution in [1.29, 1.82) is 0 Å². The Kier molecular flexibility index (Phi) is 6.00. The first-order valence-corrected chi connectivity index (χ1v) is 9.57. The molecule has 130 valence electrons. The third kappa shape index (κ3) is 4.00. The van der Waals surface area contributed by atoms with Gasteiger partial charge < -0.3 is 5.73 Å². The molecule has 4 heteroatoms. The predicted octanol–water partition coefficient (Wildman–Crippen LogP) is 5.69. The molecular weight excluding hydrogens is 348 g/mol. The fourth-order valence-corrected chi connectivity index (χ4v) is 4.76. The molecule has 2 N–H and O–H groups in total. The molecule has 1 aliphatic rings. The number of aromatic nitrogens is 1. The third-order valence-corrected chi connectivity index (χ3v) is 6.21. The van der Waals surface area contributed by atoms with Crippen LogP contribution in [0.15, 0.2) is 65.7 Å². The first-order chi connectivity index (χ1) is 11.8. The van der Waals surface area contributed by atoms with Crippen molar-refractivity contribution in [3.05, 3.63) is 60.7 Å². The van der Waals surface area contributed by atoms with Crippen LogP contribution in [0, 0.1) is 0 Å². The number of hydrogen-bond acceptors (Lipinski definition) is 3. The van der Waals surface area contributed by atoms with E-state index >= 15 is 0 Å². The minimum Gasteiger partial charge on any atom is -0.327 e. The van der Waals surface area contributed by atoms with Gasteiger partial charge in [-0.2, -0.15) is 0 Å². The van der Waals surface area contributed by atoms with Crippen molar-refractivity contribution in [2.24, 2.45) is 5.73 Å². The summed E-state index contributed by atoms with van der Waals surface area (Å²) in [7, 11) is 0. The van der Waals surface area contributed by atoms with E-state index in [1.807, 2.05) is 11.8 Å². The Bertz CT molecular complexity index is 838. The molecule has 1 heterocycles. The van der Waals surface area contributed by atoms with Gasteiger partial charge in [-0.1, -0.05) is 61.4 Å². The molecule has 0 aliphatic heterocycles. The number of fused-ring (bicyclic) bond motifs is 1. The molecule has 2 aromatic carbocycles. The van der Waals surface area contributed by atoms with Crippen LogP contribution in [0.3, 0.4) is 0 Å². The van der Waals surface area contributed by atoms with E-state index in [4.69, 9.17) is 10.7 Å². The summed E-state index contributed by atoms with van der Waals surface area (Å²) in [6.45, 7) is 0. The minimum absolute atomic E-state index is 0. The summed E-state index contributed by atoms with van der Waals surface area (Å²) >= 11 is 1.87. The number of para-hydroxylation sites is 1. The van der Waals surface area contributed by atoms with E-state index in [1.165, 1.54) is 35.8 Å². The quantitative estimate of drug-likeness (QED) is 0.644. The molecule has 1 saturated carbocycles. The number of rotatable bonds is 3. The molecule has 0 spiro atoms. The van der Waals surface area contributed by atoms with Crippen LogP contribution in [-0.4, -0.2) is 16.3 Å². The van der Waals surface area contributed by atoms with E-state index in [2.05, 4.69) is 60.7 Å². The van der Waals surface area contributed by atoms with Crippen LogP contribution >= 0.6 is 24.2 Å². The van der Waals surface area contributed by atoms with Gasteiger partial charge in [0.1, 0.15) is 5.03 Å². The Morgan fingerprint density at radius 2 is 1.64 bits per heavy atom. The minimum atomic E-state index is 0. The normalized spacial score (nSPS) is 20.2. The van der Waals surface area contributed by atoms with Gasteiger partial charge in [-0.05, 0) is 30.5 Å². The molecule has 1 fully saturated rings. The molecule has 2 atom stereocenters. The molecule has 0 unspecified atom stereocenters. The highest BCUT2D eigenvalue weighted by Crippen LogP contribution is 2.38. The fourth-order valence-electron chi connectivity index (χ4n) is 3.43. The van der Waals surface area contributed by atoms with Crippen LogP contribution in [-0.2, 0) is 0 Å². The van der Waals surface area contributed by atoms with Gasteiger partial charge in [0.15, 0.2) is 0 Å². The van der Waals surface area contributed by atoms with Crippen LogP contribution in [0.25, 0.3) is 22.0 Å². The smallest absolute Gasteiger partial charge is 0.105 e. The Hall–Kier alpha value is -1.55. The molecule has 0 amide bonds. The highest BCUT2D eigenvalue weighted by Gasteiger charge is 2.24. The molecule has 0 bridgehead atoms. The molecule has 1 aliphatic carbocycles. The largest absolute Gasteiger partial charge is 0.327 e. The van der Waals surface area contributed by atoms with Gasteiger partial charge in [0.25, 0.3) is 0 Å². The summed E-state index contributed by atoms with van der Waals surface area (Å²) in [6, 6.07) is 21.5. The predicted molar refractivity (Wildman–Crippen MR) is 111 cm³/mol. The van der Waals surface area contributed by atoms with Crippen molar-refractivity contribution < 1.29 is 0 Å². The summed E-state index contributed by atoms with van der Waals surface area (Å²) in [6.07, 6.45) is 4.86. The molecule has 25 heavy (non-hydrogen) atoms. The summed E-state index contributed by atoms with van der Waals surface area (Å²) < 4.78 is 0. The van der Waals surface area contributed by atoms with Crippen molar-refractivity contribution >= 4 is 35.1 Å². The van der Waals surface area contributed by atoms with Gasteiger partial charge in [0.05, 0.1) is 5.52 Å². The third-order valence-electron chi connectivity index (χ3n) is 4.79. The van der Waals surface area contributed by atoms with Crippen molar-refractivity contribution in [3.8, 4) is 11.1 Å². The lowest BCUT2D eigenvalue weighted by Crippen LogP contribution is -2.35. The van der Waals surface area contributed by atoms with Crippen molar-refractivity contribution in [3.63, 3.8) is 0 Å². The molecule has 1 aromatic heterocycles. The second-order valence-electron chi connectivity index (χ2n) is 6.50. The van der Waals surface area contributed by atoms with Gasteiger partial charge >= 0.3 is 0 Å². The molecule has 2 nitrogen and oxygen atoms in total. The molecule has 0 saturated heterocycles.